The number of anilines is 1. The minimum Gasteiger partial charge on any atom is -0.490 e. The van der Waals surface area contributed by atoms with E-state index in [0.29, 0.717) is 5.69 Å². The Morgan fingerprint density at radius 2 is 1.96 bits per heavy atom. The lowest BCUT2D eigenvalue weighted by Crippen LogP contribution is -2.22. The fraction of sp³-hybridized carbons (Fsp3) is 0.263. The molecule has 0 aliphatic carbocycles. The molecule has 142 valence electrons. The maximum Gasteiger partial charge on any atom is 0.338 e. The van der Waals surface area contributed by atoms with Gasteiger partial charge in [0.15, 0.2) is 12.4 Å². The highest BCUT2D eigenvalue weighted by Crippen LogP contribution is 2.27. The van der Waals surface area contributed by atoms with E-state index in [1.807, 2.05) is 32.0 Å². The molecular formula is C19H20N2O6. The van der Waals surface area contributed by atoms with E-state index in [4.69, 9.17) is 9.47 Å². The van der Waals surface area contributed by atoms with E-state index in [1.54, 1.807) is 0 Å². The Labute approximate surface area is 156 Å². The SMILES string of the molecule is CCc1cccc(C)c1NC(=O)COC(=O)c1ccc(OC)c([N+](=O)[O-])c1. The zero-order chi connectivity index (χ0) is 20.0. The molecule has 1 N–H and O–H groups in total. The first-order valence-electron chi connectivity index (χ1n) is 8.25. The van der Waals surface area contributed by atoms with Crippen molar-refractivity contribution in [2.24, 2.45) is 0 Å². The number of ether oxygens (including phenoxy) is 2. The minimum atomic E-state index is -0.837. The number of rotatable bonds is 7. The molecule has 2 aromatic carbocycles. The minimum absolute atomic E-state index is 0.0286. The van der Waals surface area contributed by atoms with Gasteiger partial charge in [0.05, 0.1) is 17.6 Å². The molecule has 0 radical (unpaired) electrons. The van der Waals surface area contributed by atoms with Crippen LogP contribution in [0, 0.1) is 17.0 Å². The van der Waals surface area contributed by atoms with Crippen molar-refractivity contribution < 1.29 is 24.0 Å². The van der Waals surface area contributed by atoms with E-state index < -0.39 is 23.4 Å². The van der Waals surface area contributed by atoms with Gasteiger partial charge in [0.1, 0.15) is 0 Å². The number of para-hydroxylation sites is 1. The number of aryl methyl sites for hydroxylation is 2. The molecule has 0 spiro atoms. The number of benzene rings is 2. The maximum absolute atomic E-state index is 12.1. The fourth-order valence-electron chi connectivity index (χ4n) is 2.55. The molecule has 0 unspecified atom stereocenters. The van der Waals surface area contributed by atoms with E-state index in [1.165, 1.54) is 19.2 Å². The number of carbonyl (C=O) groups is 2. The molecule has 0 aliphatic rings. The Morgan fingerprint density at radius 3 is 2.59 bits per heavy atom. The summed E-state index contributed by atoms with van der Waals surface area (Å²) < 4.78 is 9.85. The van der Waals surface area contributed by atoms with Gasteiger partial charge in [-0.15, -0.1) is 0 Å². The van der Waals surface area contributed by atoms with Gasteiger partial charge in [-0.3, -0.25) is 14.9 Å². The smallest absolute Gasteiger partial charge is 0.338 e. The molecule has 8 heteroatoms. The van der Waals surface area contributed by atoms with Gasteiger partial charge in [-0.2, -0.15) is 0 Å². The Bertz CT molecular complexity index is 878. The predicted molar refractivity (Wildman–Crippen MR) is 99.1 cm³/mol. The van der Waals surface area contributed by atoms with Crippen molar-refractivity contribution in [3.8, 4) is 5.75 Å². The van der Waals surface area contributed by atoms with Gasteiger partial charge in [-0.05, 0) is 36.6 Å². The van der Waals surface area contributed by atoms with Crippen LogP contribution in [0.3, 0.4) is 0 Å². The number of nitro benzene ring substituents is 1. The van der Waals surface area contributed by atoms with Crippen LogP contribution in [0.2, 0.25) is 0 Å². The summed E-state index contributed by atoms with van der Waals surface area (Å²) in [5.74, 6) is -1.30. The first kappa shape index (κ1) is 19.9. The standard InChI is InChI=1S/C19H20N2O6/c1-4-13-7-5-6-12(2)18(13)20-17(22)11-27-19(23)14-8-9-16(26-3)15(10-14)21(24)25/h5-10H,4,11H2,1-3H3,(H,20,22). The molecule has 2 aromatic rings. The van der Waals surface area contributed by atoms with Crippen molar-refractivity contribution in [2.45, 2.75) is 20.3 Å². The number of nitrogens with one attached hydrogen (secondary N) is 1. The molecule has 0 bridgehead atoms. The zero-order valence-corrected chi connectivity index (χ0v) is 15.3. The molecule has 27 heavy (non-hydrogen) atoms. The second-order valence-electron chi connectivity index (χ2n) is 5.73. The third-order valence-electron chi connectivity index (χ3n) is 3.95. The Hall–Kier alpha value is -3.42. The van der Waals surface area contributed by atoms with E-state index in [0.717, 1.165) is 23.6 Å². The average molecular weight is 372 g/mol. The third kappa shape index (κ3) is 4.81. The maximum atomic E-state index is 12.1. The average Bonchev–Trinajstić information content (AvgIpc) is 2.67. The second kappa shape index (κ2) is 8.79. The molecule has 0 atom stereocenters. The van der Waals surface area contributed by atoms with E-state index in [2.05, 4.69) is 5.32 Å². The Balaban J connectivity index is 2.05. The number of nitrogens with zero attached hydrogens (tertiary/aromatic N) is 1. The van der Waals surface area contributed by atoms with Gasteiger partial charge >= 0.3 is 11.7 Å². The number of esters is 1. The highest BCUT2D eigenvalue weighted by atomic mass is 16.6. The molecule has 0 fully saturated rings. The predicted octanol–water partition coefficient (Wildman–Crippen LogP) is 3.27. The van der Waals surface area contributed by atoms with Gasteiger partial charge in [-0.25, -0.2) is 4.79 Å². The highest BCUT2D eigenvalue weighted by Gasteiger charge is 2.19. The third-order valence-corrected chi connectivity index (χ3v) is 3.95. The Morgan fingerprint density at radius 1 is 1.22 bits per heavy atom. The summed E-state index contributed by atoms with van der Waals surface area (Å²) in [5.41, 5.74) is 2.17. The molecule has 0 saturated heterocycles. The van der Waals surface area contributed by atoms with Crippen LogP contribution in [-0.4, -0.2) is 30.5 Å². The van der Waals surface area contributed by atoms with Crippen LogP contribution < -0.4 is 10.1 Å². The van der Waals surface area contributed by atoms with Gasteiger partial charge in [0, 0.05) is 11.8 Å². The van der Waals surface area contributed by atoms with Gasteiger partial charge in [0.25, 0.3) is 5.91 Å². The van der Waals surface area contributed by atoms with Crippen LogP contribution in [0.25, 0.3) is 0 Å². The van der Waals surface area contributed by atoms with Gasteiger partial charge in [0.2, 0.25) is 0 Å². The number of hydrogen-bond donors (Lipinski definition) is 1. The number of hydrogen-bond acceptors (Lipinski definition) is 6. The summed E-state index contributed by atoms with van der Waals surface area (Å²) in [7, 11) is 1.29. The highest BCUT2D eigenvalue weighted by molar-refractivity contribution is 5.96. The molecule has 2 rings (SSSR count). The summed E-state index contributed by atoms with van der Waals surface area (Å²) in [6.07, 6.45) is 0.743. The van der Waals surface area contributed by atoms with E-state index in [-0.39, 0.29) is 17.0 Å². The summed E-state index contributed by atoms with van der Waals surface area (Å²) in [5, 5.41) is 13.8. The lowest BCUT2D eigenvalue weighted by molar-refractivity contribution is -0.385. The normalized spacial score (nSPS) is 10.2. The van der Waals surface area contributed by atoms with Crippen molar-refractivity contribution >= 4 is 23.3 Å². The largest absolute Gasteiger partial charge is 0.490 e. The van der Waals surface area contributed by atoms with E-state index in [9.17, 15) is 19.7 Å². The summed E-state index contributed by atoms with van der Waals surface area (Å²) in [4.78, 5) is 34.6. The van der Waals surface area contributed by atoms with Gasteiger partial charge in [-0.1, -0.05) is 25.1 Å². The van der Waals surface area contributed by atoms with Crippen molar-refractivity contribution in [3.63, 3.8) is 0 Å². The topological polar surface area (TPSA) is 108 Å². The first-order valence-corrected chi connectivity index (χ1v) is 8.25. The van der Waals surface area contributed by atoms with Crippen molar-refractivity contribution in [2.75, 3.05) is 19.0 Å². The van der Waals surface area contributed by atoms with Crippen molar-refractivity contribution in [1.29, 1.82) is 0 Å². The number of amides is 1. The summed E-state index contributed by atoms with van der Waals surface area (Å²) in [6, 6.07) is 9.37. The van der Waals surface area contributed by atoms with Crippen molar-refractivity contribution in [1.82, 2.24) is 0 Å². The van der Waals surface area contributed by atoms with Crippen LogP contribution in [0.4, 0.5) is 11.4 Å². The molecule has 0 aliphatic heterocycles. The second-order valence-corrected chi connectivity index (χ2v) is 5.73. The van der Waals surface area contributed by atoms with E-state index >= 15 is 0 Å². The fourth-order valence-corrected chi connectivity index (χ4v) is 2.55. The number of carbonyl (C=O) groups excluding carboxylic acids is 2. The number of methoxy groups -OCH3 is 1. The quantitative estimate of drug-likeness (QED) is 0.454. The van der Waals surface area contributed by atoms with Crippen LogP contribution in [0.15, 0.2) is 36.4 Å². The molecule has 0 heterocycles. The van der Waals surface area contributed by atoms with Crippen LogP contribution in [-0.2, 0) is 16.0 Å². The zero-order valence-electron chi connectivity index (χ0n) is 15.3. The summed E-state index contributed by atoms with van der Waals surface area (Å²) in [6.45, 7) is 3.34. The van der Waals surface area contributed by atoms with Crippen LogP contribution >= 0.6 is 0 Å². The Kier molecular flexibility index (Phi) is 6.48. The summed E-state index contributed by atoms with van der Waals surface area (Å²) >= 11 is 0. The lowest BCUT2D eigenvalue weighted by atomic mass is 10.1. The van der Waals surface area contributed by atoms with Crippen LogP contribution in [0.1, 0.15) is 28.4 Å². The molecule has 0 aromatic heterocycles. The lowest BCUT2D eigenvalue weighted by Gasteiger charge is -2.13. The van der Waals surface area contributed by atoms with Gasteiger partial charge < -0.3 is 14.8 Å². The molecular weight excluding hydrogens is 352 g/mol. The monoisotopic (exact) mass is 372 g/mol. The molecule has 0 saturated carbocycles. The first-order chi connectivity index (χ1) is 12.9. The number of nitro groups is 1. The van der Waals surface area contributed by atoms with Crippen LogP contribution in [0.5, 0.6) is 5.75 Å². The molecule has 8 nitrogen and oxygen atoms in total. The molecule has 1 amide bonds. The van der Waals surface area contributed by atoms with Crippen molar-refractivity contribution in [3.05, 3.63) is 63.2 Å².